The standard InChI is InChI=1S/C20H14F2N2O.ClH/c21-17-6-4-15(9-18(17)22)19-11-24-10-16(5-7-20(24)23-19)14-3-1-2-13(8-14)12-25;/h1-11,25H,12H2;1H. The Kier molecular flexibility index (Phi) is 5.02. The van der Waals surface area contributed by atoms with Crippen molar-refractivity contribution in [3.05, 3.63) is 84.2 Å². The number of fused-ring (bicyclic) bond motifs is 1. The number of pyridine rings is 1. The first-order chi connectivity index (χ1) is 12.1. The average molecular weight is 373 g/mol. The molecule has 0 atom stereocenters. The highest BCUT2D eigenvalue weighted by Crippen LogP contribution is 2.25. The molecule has 0 unspecified atom stereocenters. The van der Waals surface area contributed by atoms with Crippen LogP contribution in [-0.4, -0.2) is 14.5 Å². The van der Waals surface area contributed by atoms with Gasteiger partial charge in [0, 0.05) is 18.0 Å². The topological polar surface area (TPSA) is 37.5 Å². The van der Waals surface area contributed by atoms with Gasteiger partial charge >= 0.3 is 0 Å². The summed E-state index contributed by atoms with van der Waals surface area (Å²) in [7, 11) is 0. The molecule has 132 valence electrons. The minimum atomic E-state index is -0.893. The van der Waals surface area contributed by atoms with Crippen LogP contribution in [-0.2, 0) is 6.61 Å². The van der Waals surface area contributed by atoms with Crippen LogP contribution in [0.3, 0.4) is 0 Å². The molecule has 2 heterocycles. The molecule has 0 fully saturated rings. The summed E-state index contributed by atoms with van der Waals surface area (Å²) in [5, 5.41) is 9.28. The molecule has 3 nitrogen and oxygen atoms in total. The number of rotatable bonds is 3. The Hall–Kier alpha value is -2.76. The van der Waals surface area contributed by atoms with Crippen LogP contribution >= 0.6 is 12.4 Å². The lowest BCUT2D eigenvalue weighted by Crippen LogP contribution is -1.87. The van der Waals surface area contributed by atoms with Gasteiger partial charge in [-0.05, 0) is 53.1 Å². The van der Waals surface area contributed by atoms with Gasteiger partial charge in [-0.2, -0.15) is 0 Å². The van der Waals surface area contributed by atoms with E-state index in [9.17, 15) is 13.9 Å². The number of aromatic nitrogens is 2. The Morgan fingerprint density at radius 1 is 0.846 bits per heavy atom. The van der Waals surface area contributed by atoms with E-state index < -0.39 is 11.6 Å². The molecule has 0 bridgehead atoms. The maximum Gasteiger partial charge on any atom is 0.159 e. The maximum atomic E-state index is 13.4. The van der Waals surface area contributed by atoms with Crippen LogP contribution < -0.4 is 0 Å². The molecule has 0 amide bonds. The lowest BCUT2D eigenvalue weighted by atomic mass is 10.1. The number of hydrogen-bond donors (Lipinski definition) is 1. The Balaban J connectivity index is 0.00000196. The molecule has 4 aromatic rings. The van der Waals surface area contributed by atoms with Crippen LogP contribution in [0.5, 0.6) is 0 Å². The smallest absolute Gasteiger partial charge is 0.159 e. The minimum Gasteiger partial charge on any atom is -0.392 e. The van der Waals surface area contributed by atoms with Gasteiger partial charge in [0.05, 0.1) is 12.3 Å². The van der Waals surface area contributed by atoms with Crippen molar-refractivity contribution in [2.45, 2.75) is 6.61 Å². The summed E-state index contributed by atoms with van der Waals surface area (Å²) in [6, 6.07) is 15.2. The molecule has 0 aliphatic heterocycles. The fourth-order valence-corrected chi connectivity index (χ4v) is 2.81. The Bertz CT molecular complexity index is 1080. The van der Waals surface area contributed by atoms with Crippen LogP contribution in [0.2, 0.25) is 0 Å². The third kappa shape index (κ3) is 3.31. The molecule has 2 aromatic heterocycles. The second-order valence-electron chi connectivity index (χ2n) is 5.80. The number of imidazole rings is 1. The summed E-state index contributed by atoms with van der Waals surface area (Å²) >= 11 is 0. The second kappa shape index (κ2) is 7.23. The Morgan fingerprint density at radius 3 is 2.42 bits per heavy atom. The van der Waals surface area contributed by atoms with E-state index in [1.54, 1.807) is 6.20 Å². The van der Waals surface area contributed by atoms with E-state index in [1.165, 1.54) is 6.07 Å². The Labute approximate surface area is 155 Å². The van der Waals surface area contributed by atoms with Crippen molar-refractivity contribution < 1.29 is 13.9 Å². The summed E-state index contributed by atoms with van der Waals surface area (Å²) < 4.78 is 28.4. The van der Waals surface area contributed by atoms with Crippen LogP contribution in [0.4, 0.5) is 8.78 Å². The number of aliphatic hydroxyl groups excluding tert-OH is 1. The fourth-order valence-electron chi connectivity index (χ4n) is 2.81. The lowest BCUT2D eigenvalue weighted by molar-refractivity contribution is 0.282. The first-order valence-electron chi connectivity index (χ1n) is 7.78. The van der Waals surface area contributed by atoms with E-state index >= 15 is 0 Å². The summed E-state index contributed by atoms with van der Waals surface area (Å²) in [5.41, 5.74) is 4.59. The predicted molar refractivity (Wildman–Crippen MR) is 99.2 cm³/mol. The first kappa shape index (κ1) is 18.0. The van der Waals surface area contributed by atoms with Crippen molar-refractivity contribution in [1.29, 1.82) is 0 Å². The van der Waals surface area contributed by atoms with Crippen LogP contribution in [0.25, 0.3) is 28.0 Å². The van der Waals surface area contributed by atoms with Gasteiger partial charge in [-0.3, -0.25) is 0 Å². The van der Waals surface area contributed by atoms with Crippen molar-refractivity contribution >= 4 is 18.1 Å². The average Bonchev–Trinajstić information content (AvgIpc) is 3.07. The van der Waals surface area contributed by atoms with Gasteiger partial charge in [-0.25, -0.2) is 13.8 Å². The zero-order valence-electron chi connectivity index (χ0n) is 13.6. The SMILES string of the molecule is Cl.OCc1cccc(-c2ccc3nc(-c4ccc(F)c(F)c4)cn3c2)c1. The summed E-state index contributed by atoms with van der Waals surface area (Å²) in [6.07, 6.45) is 3.70. The third-order valence-electron chi connectivity index (χ3n) is 4.11. The zero-order valence-corrected chi connectivity index (χ0v) is 14.4. The molecule has 1 N–H and O–H groups in total. The van der Waals surface area contributed by atoms with Crippen molar-refractivity contribution in [3.63, 3.8) is 0 Å². The highest BCUT2D eigenvalue weighted by Gasteiger charge is 2.09. The number of benzene rings is 2. The van der Waals surface area contributed by atoms with E-state index in [4.69, 9.17) is 0 Å². The molecule has 4 rings (SSSR count). The summed E-state index contributed by atoms with van der Waals surface area (Å²) in [4.78, 5) is 4.46. The van der Waals surface area contributed by atoms with Crippen molar-refractivity contribution in [3.8, 4) is 22.4 Å². The van der Waals surface area contributed by atoms with Gasteiger partial charge in [-0.15, -0.1) is 12.4 Å². The van der Waals surface area contributed by atoms with Gasteiger partial charge in [0.25, 0.3) is 0 Å². The largest absolute Gasteiger partial charge is 0.392 e. The molecule has 0 aliphatic rings. The van der Waals surface area contributed by atoms with Gasteiger partial charge in [0.15, 0.2) is 11.6 Å². The molecule has 0 radical (unpaired) electrons. The third-order valence-corrected chi connectivity index (χ3v) is 4.11. The molecule has 0 aliphatic carbocycles. The molecule has 6 heteroatoms. The highest BCUT2D eigenvalue weighted by molar-refractivity contribution is 5.85. The number of hydrogen-bond acceptors (Lipinski definition) is 2. The molecule has 26 heavy (non-hydrogen) atoms. The Morgan fingerprint density at radius 2 is 1.65 bits per heavy atom. The lowest BCUT2D eigenvalue weighted by Gasteiger charge is -2.04. The van der Waals surface area contributed by atoms with Crippen LogP contribution in [0.15, 0.2) is 67.0 Å². The highest BCUT2D eigenvalue weighted by atomic mass is 35.5. The van der Waals surface area contributed by atoms with E-state index in [0.717, 1.165) is 28.8 Å². The monoisotopic (exact) mass is 372 g/mol. The van der Waals surface area contributed by atoms with E-state index in [2.05, 4.69) is 4.98 Å². The maximum absolute atomic E-state index is 13.4. The fraction of sp³-hybridized carbons (Fsp3) is 0.0500. The first-order valence-corrected chi connectivity index (χ1v) is 7.78. The molecule has 0 spiro atoms. The van der Waals surface area contributed by atoms with Crippen LogP contribution in [0.1, 0.15) is 5.56 Å². The van der Waals surface area contributed by atoms with Gasteiger partial charge in [0.1, 0.15) is 5.65 Å². The van der Waals surface area contributed by atoms with Crippen molar-refractivity contribution in [2.24, 2.45) is 0 Å². The molecule has 0 saturated heterocycles. The minimum absolute atomic E-state index is 0. The van der Waals surface area contributed by atoms with E-state index in [0.29, 0.717) is 16.9 Å². The quantitative estimate of drug-likeness (QED) is 0.557. The number of halogens is 3. The normalized spacial score (nSPS) is 10.7. The molecule has 0 saturated carbocycles. The van der Waals surface area contributed by atoms with E-state index in [-0.39, 0.29) is 19.0 Å². The number of nitrogens with zero attached hydrogens (tertiary/aromatic N) is 2. The predicted octanol–water partition coefficient (Wildman–Crippen LogP) is 4.86. The summed E-state index contributed by atoms with van der Waals surface area (Å²) in [6.45, 7) is -0.0125. The number of aliphatic hydroxyl groups is 1. The summed E-state index contributed by atoms with van der Waals surface area (Å²) in [5.74, 6) is -1.77. The van der Waals surface area contributed by atoms with Crippen molar-refractivity contribution in [1.82, 2.24) is 9.38 Å². The second-order valence-corrected chi connectivity index (χ2v) is 5.80. The molecule has 2 aromatic carbocycles. The van der Waals surface area contributed by atoms with Crippen molar-refractivity contribution in [2.75, 3.05) is 0 Å². The van der Waals surface area contributed by atoms with E-state index in [1.807, 2.05) is 47.0 Å². The molecular formula is C20H15ClF2N2O. The van der Waals surface area contributed by atoms with Gasteiger partial charge < -0.3 is 9.51 Å². The van der Waals surface area contributed by atoms with Gasteiger partial charge in [0.2, 0.25) is 0 Å². The molecular weight excluding hydrogens is 358 g/mol. The van der Waals surface area contributed by atoms with Gasteiger partial charge in [-0.1, -0.05) is 18.2 Å². The van der Waals surface area contributed by atoms with Crippen LogP contribution in [0, 0.1) is 11.6 Å². The zero-order chi connectivity index (χ0) is 17.4.